The van der Waals surface area contributed by atoms with Gasteiger partial charge in [-0.15, -0.1) is 11.3 Å². The number of aromatic nitrogens is 2. The fourth-order valence-corrected chi connectivity index (χ4v) is 2.62. The lowest BCUT2D eigenvalue weighted by Crippen LogP contribution is -2.17. The van der Waals surface area contributed by atoms with Crippen LogP contribution in [-0.4, -0.2) is 21.8 Å². The summed E-state index contributed by atoms with van der Waals surface area (Å²) in [6, 6.07) is 8.83. The van der Waals surface area contributed by atoms with E-state index >= 15 is 0 Å². The van der Waals surface area contributed by atoms with Crippen LogP contribution in [0.15, 0.2) is 41.9 Å². The number of fused-ring (bicyclic) bond motifs is 1. The zero-order chi connectivity index (χ0) is 14.8. The first-order chi connectivity index (χ1) is 10.1. The van der Waals surface area contributed by atoms with Crippen LogP contribution in [-0.2, 0) is 0 Å². The van der Waals surface area contributed by atoms with Gasteiger partial charge < -0.3 is 11.1 Å². The van der Waals surface area contributed by atoms with E-state index in [9.17, 15) is 9.59 Å². The third-order valence-electron chi connectivity index (χ3n) is 2.84. The SMILES string of the molecule is NC(=O)c1ccsc1NC(=O)c1cnc2ccccc2n1. The van der Waals surface area contributed by atoms with Gasteiger partial charge in [-0.05, 0) is 23.6 Å². The molecule has 0 saturated heterocycles. The summed E-state index contributed by atoms with van der Waals surface area (Å²) in [6.45, 7) is 0. The Hall–Kier alpha value is -2.80. The van der Waals surface area contributed by atoms with Gasteiger partial charge in [-0.1, -0.05) is 12.1 Å². The molecule has 1 aromatic carbocycles. The largest absolute Gasteiger partial charge is 0.366 e. The maximum atomic E-state index is 12.2. The number of primary amides is 1. The fraction of sp³-hybridized carbons (Fsp3) is 0. The molecule has 0 radical (unpaired) electrons. The van der Waals surface area contributed by atoms with Crippen LogP contribution in [0.1, 0.15) is 20.8 Å². The van der Waals surface area contributed by atoms with E-state index in [1.54, 1.807) is 17.5 Å². The summed E-state index contributed by atoms with van der Waals surface area (Å²) >= 11 is 1.22. The van der Waals surface area contributed by atoms with Crippen molar-refractivity contribution in [3.05, 3.63) is 53.2 Å². The van der Waals surface area contributed by atoms with Crippen molar-refractivity contribution in [2.24, 2.45) is 5.73 Å². The van der Waals surface area contributed by atoms with Crippen LogP contribution < -0.4 is 11.1 Å². The van der Waals surface area contributed by atoms with Crippen molar-refractivity contribution in [3.8, 4) is 0 Å². The molecule has 0 unspecified atom stereocenters. The molecule has 2 aromatic heterocycles. The van der Waals surface area contributed by atoms with Crippen LogP contribution in [0.2, 0.25) is 0 Å². The minimum absolute atomic E-state index is 0.178. The van der Waals surface area contributed by atoms with Crippen LogP contribution in [0.3, 0.4) is 0 Å². The van der Waals surface area contributed by atoms with Crippen LogP contribution in [0.4, 0.5) is 5.00 Å². The van der Waals surface area contributed by atoms with Crippen molar-refractivity contribution in [3.63, 3.8) is 0 Å². The van der Waals surface area contributed by atoms with Crippen molar-refractivity contribution in [1.29, 1.82) is 0 Å². The third kappa shape index (κ3) is 2.59. The second-order valence-corrected chi connectivity index (χ2v) is 5.14. The van der Waals surface area contributed by atoms with Crippen LogP contribution in [0, 0.1) is 0 Å². The number of anilines is 1. The number of thiophene rings is 1. The molecule has 2 amide bonds. The lowest BCUT2D eigenvalue weighted by molar-refractivity contribution is 0.100. The molecule has 2 heterocycles. The number of carbonyl (C=O) groups excluding carboxylic acids is 2. The molecule has 0 aliphatic rings. The second kappa shape index (κ2) is 5.29. The predicted molar refractivity (Wildman–Crippen MR) is 80.3 cm³/mol. The van der Waals surface area contributed by atoms with Gasteiger partial charge in [0.25, 0.3) is 11.8 Å². The highest BCUT2D eigenvalue weighted by molar-refractivity contribution is 7.14. The number of hydrogen-bond acceptors (Lipinski definition) is 5. The van der Waals surface area contributed by atoms with Gasteiger partial charge in [0.2, 0.25) is 0 Å². The standard InChI is InChI=1S/C14H10N4O2S/c15-12(19)8-5-6-21-14(8)18-13(20)11-7-16-9-3-1-2-4-10(9)17-11/h1-7H,(H2,15,19)(H,18,20). The van der Waals surface area contributed by atoms with Gasteiger partial charge in [-0.2, -0.15) is 0 Å². The van der Waals surface area contributed by atoms with E-state index in [-0.39, 0.29) is 11.3 Å². The summed E-state index contributed by atoms with van der Waals surface area (Å²) in [7, 11) is 0. The van der Waals surface area contributed by atoms with Crippen molar-refractivity contribution >= 4 is 39.2 Å². The normalized spacial score (nSPS) is 10.5. The molecule has 0 aliphatic carbocycles. The molecule has 0 fully saturated rings. The van der Waals surface area contributed by atoms with Gasteiger partial charge in [0, 0.05) is 0 Å². The van der Waals surface area contributed by atoms with E-state index in [0.717, 1.165) is 0 Å². The highest BCUT2D eigenvalue weighted by atomic mass is 32.1. The molecular weight excluding hydrogens is 288 g/mol. The highest BCUT2D eigenvalue weighted by Crippen LogP contribution is 2.23. The molecule has 0 bridgehead atoms. The molecule has 0 spiro atoms. The Morgan fingerprint density at radius 3 is 2.67 bits per heavy atom. The van der Waals surface area contributed by atoms with Gasteiger partial charge in [-0.3, -0.25) is 14.6 Å². The number of carbonyl (C=O) groups is 2. The molecule has 104 valence electrons. The van der Waals surface area contributed by atoms with Gasteiger partial charge >= 0.3 is 0 Å². The number of hydrogen-bond donors (Lipinski definition) is 2. The van der Waals surface area contributed by atoms with E-state index in [0.29, 0.717) is 16.0 Å². The number of benzene rings is 1. The van der Waals surface area contributed by atoms with E-state index in [1.807, 2.05) is 18.2 Å². The molecule has 3 aromatic rings. The maximum Gasteiger partial charge on any atom is 0.276 e. The molecule has 6 nitrogen and oxygen atoms in total. The van der Waals surface area contributed by atoms with Crippen molar-refractivity contribution < 1.29 is 9.59 Å². The monoisotopic (exact) mass is 298 g/mol. The first-order valence-electron chi connectivity index (χ1n) is 6.05. The third-order valence-corrected chi connectivity index (χ3v) is 3.67. The Balaban J connectivity index is 1.90. The minimum atomic E-state index is -0.587. The average Bonchev–Trinajstić information content (AvgIpc) is 2.95. The zero-order valence-electron chi connectivity index (χ0n) is 10.7. The smallest absolute Gasteiger partial charge is 0.276 e. The molecule has 7 heteroatoms. The molecule has 0 atom stereocenters. The first kappa shape index (κ1) is 13.2. The van der Waals surface area contributed by atoms with E-state index in [4.69, 9.17) is 5.73 Å². The summed E-state index contributed by atoms with van der Waals surface area (Å²) in [5.41, 5.74) is 7.04. The number of amides is 2. The fourth-order valence-electron chi connectivity index (χ4n) is 1.83. The first-order valence-corrected chi connectivity index (χ1v) is 6.93. The van der Waals surface area contributed by atoms with Gasteiger partial charge in [0.05, 0.1) is 22.8 Å². The summed E-state index contributed by atoms with van der Waals surface area (Å²) in [5, 5.41) is 4.72. The molecular formula is C14H10N4O2S. The summed E-state index contributed by atoms with van der Waals surface area (Å²) in [5.74, 6) is -1.02. The molecule has 3 rings (SSSR count). The highest BCUT2D eigenvalue weighted by Gasteiger charge is 2.15. The van der Waals surface area contributed by atoms with Crippen molar-refractivity contribution in [2.75, 3.05) is 5.32 Å². The number of nitrogens with one attached hydrogen (secondary N) is 1. The molecule has 0 saturated carbocycles. The van der Waals surface area contributed by atoms with Gasteiger partial charge in [0.1, 0.15) is 10.7 Å². The van der Waals surface area contributed by atoms with E-state index < -0.39 is 11.8 Å². The number of para-hydroxylation sites is 2. The topological polar surface area (TPSA) is 98.0 Å². The minimum Gasteiger partial charge on any atom is -0.366 e. The van der Waals surface area contributed by atoms with Crippen LogP contribution in [0.5, 0.6) is 0 Å². The van der Waals surface area contributed by atoms with Gasteiger partial charge in [-0.25, -0.2) is 4.98 Å². The molecule has 21 heavy (non-hydrogen) atoms. The molecule has 0 aliphatic heterocycles. The summed E-state index contributed by atoms with van der Waals surface area (Å²) in [4.78, 5) is 31.8. The van der Waals surface area contributed by atoms with Crippen LogP contribution in [0.25, 0.3) is 11.0 Å². The Kier molecular flexibility index (Phi) is 3.33. The lowest BCUT2D eigenvalue weighted by Gasteiger charge is -2.04. The Bertz CT molecular complexity index is 844. The Morgan fingerprint density at radius 2 is 1.90 bits per heavy atom. The summed E-state index contributed by atoms with van der Waals surface area (Å²) in [6.07, 6.45) is 1.40. The predicted octanol–water partition coefficient (Wildman–Crippen LogP) is 2.04. The summed E-state index contributed by atoms with van der Waals surface area (Å²) < 4.78 is 0. The molecule has 3 N–H and O–H groups in total. The number of nitrogens with two attached hydrogens (primary N) is 1. The van der Waals surface area contributed by atoms with Gasteiger partial charge in [0.15, 0.2) is 0 Å². The second-order valence-electron chi connectivity index (χ2n) is 4.23. The number of rotatable bonds is 3. The quantitative estimate of drug-likeness (QED) is 0.773. The van der Waals surface area contributed by atoms with Crippen molar-refractivity contribution in [1.82, 2.24) is 9.97 Å². The van der Waals surface area contributed by atoms with E-state index in [1.165, 1.54) is 17.5 Å². The lowest BCUT2D eigenvalue weighted by atomic mass is 10.3. The Morgan fingerprint density at radius 1 is 1.14 bits per heavy atom. The van der Waals surface area contributed by atoms with Crippen molar-refractivity contribution in [2.45, 2.75) is 0 Å². The number of nitrogens with zero attached hydrogens (tertiary/aromatic N) is 2. The maximum absolute atomic E-state index is 12.2. The Labute approximate surface area is 123 Å². The van der Waals surface area contributed by atoms with Crippen LogP contribution >= 0.6 is 11.3 Å². The average molecular weight is 298 g/mol. The van der Waals surface area contributed by atoms with E-state index in [2.05, 4.69) is 15.3 Å². The zero-order valence-corrected chi connectivity index (χ0v) is 11.6.